The van der Waals surface area contributed by atoms with Crippen LogP contribution in [-0.4, -0.2) is 17.4 Å². The van der Waals surface area contributed by atoms with E-state index >= 15 is 0 Å². The van der Waals surface area contributed by atoms with Crippen LogP contribution in [0.3, 0.4) is 0 Å². The molecule has 3 rings (SSSR count). The number of benzene rings is 3. The molecular formula is C21H19N3O3. The molecule has 0 saturated heterocycles. The summed E-state index contributed by atoms with van der Waals surface area (Å²) in [5.41, 5.74) is 7.71. The summed E-state index contributed by atoms with van der Waals surface area (Å²) in [6.07, 6.45) is 0. The number of nitro benzene ring substituents is 1. The number of nitrogens with one attached hydrogen (secondary N) is 1. The van der Waals surface area contributed by atoms with E-state index in [4.69, 9.17) is 5.73 Å². The molecule has 6 heteroatoms. The number of nitrogens with two attached hydrogens (primary N) is 1. The summed E-state index contributed by atoms with van der Waals surface area (Å²) < 4.78 is 0. The number of amides is 1. The number of hydrogen-bond donors (Lipinski definition) is 2. The lowest BCUT2D eigenvalue weighted by molar-refractivity contribution is -0.383. The highest BCUT2D eigenvalue weighted by Gasteiger charge is 2.18. The number of anilines is 1. The van der Waals surface area contributed by atoms with Gasteiger partial charge in [0.1, 0.15) is 5.69 Å². The number of nitrogen functional groups attached to an aromatic ring is 1. The van der Waals surface area contributed by atoms with Crippen LogP contribution in [-0.2, 0) is 0 Å². The maximum absolute atomic E-state index is 12.5. The van der Waals surface area contributed by atoms with Gasteiger partial charge in [-0.05, 0) is 23.3 Å². The van der Waals surface area contributed by atoms with Crippen LogP contribution in [0.1, 0.15) is 27.4 Å². The van der Waals surface area contributed by atoms with E-state index in [-0.39, 0.29) is 28.8 Å². The standard InChI is InChI=1S/C21H19N3O3/c22-19-12-11-17(13-20(19)24(26)27)21(25)23-14-18(15-7-3-1-4-8-15)16-9-5-2-6-10-16/h1-13,18H,14,22H2,(H,23,25). The van der Waals surface area contributed by atoms with E-state index in [9.17, 15) is 14.9 Å². The number of carbonyl (C=O) groups is 1. The maximum Gasteiger partial charge on any atom is 0.292 e. The Hall–Kier alpha value is -3.67. The predicted molar refractivity (Wildman–Crippen MR) is 105 cm³/mol. The number of nitrogens with zero attached hydrogens (tertiary/aromatic N) is 1. The van der Waals surface area contributed by atoms with Gasteiger partial charge in [-0.3, -0.25) is 14.9 Å². The van der Waals surface area contributed by atoms with E-state index in [0.29, 0.717) is 6.54 Å². The zero-order valence-electron chi connectivity index (χ0n) is 14.5. The van der Waals surface area contributed by atoms with E-state index in [1.54, 1.807) is 0 Å². The van der Waals surface area contributed by atoms with Gasteiger partial charge >= 0.3 is 0 Å². The van der Waals surface area contributed by atoms with Crippen LogP contribution in [0.5, 0.6) is 0 Å². The fourth-order valence-corrected chi connectivity index (χ4v) is 2.94. The second kappa shape index (κ2) is 8.14. The Kier molecular flexibility index (Phi) is 5.47. The second-order valence-electron chi connectivity index (χ2n) is 6.11. The summed E-state index contributed by atoms with van der Waals surface area (Å²) >= 11 is 0. The van der Waals surface area contributed by atoms with Crippen molar-refractivity contribution in [2.45, 2.75) is 5.92 Å². The molecule has 0 unspecified atom stereocenters. The first-order chi connectivity index (χ1) is 13.1. The van der Waals surface area contributed by atoms with Gasteiger partial charge in [0.25, 0.3) is 11.6 Å². The molecule has 0 heterocycles. The van der Waals surface area contributed by atoms with Crippen LogP contribution >= 0.6 is 0 Å². The largest absolute Gasteiger partial charge is 0.393 e. The first-order valence-electron chi connectivity index (χ1n) is 8.48. The van der Waals surface area contributed by atoms with Crippen molar-refractivity contribution in [1.29, 1.82) is 0 Å². The molecule has 0 aliphatic rings. The first-order valence-corrected chi connectivity index (χ1v) is 8.48. The highest BCUT2D eigenvalue weighted by atomic mass is 16.6. The molecule has 3 N–H and O–H groups in total. The van der Waals surface area contributed by atoms with E-state index in [1.165, 1.54) is 18.2 Å². The van der Waals surface area contributed by atoms with Crippen molar-refractivity contribution in [2.24, 2.45) is 0 Å². The average molecular weight is 361 g/mol. The van der Waals surface area contributed by atoms with Crippen LogP contribution in [0, 0.1) is 10.1 Å². The topological polar surface area (TPSA) is 98.3 Å². The molecule has 27 heavy (non-hydrogen) atoms. The zero-order chi connectivity index (χ0) is 19.2. The molecule has 0 atom stereocenters. The highest BCUT2D eigenvalue weighted by molar-refractivity contribution is 5.95. The van der Waals surface area contributed by atoms with Crippen molar-refractivity contribution in [3.63, 3.8) is 0 Å². The van der Waals surface area contributed by atoms with Crippen LogP contribution in [0.4, 0.5) is 11.4 Å². The van der Waals surface area contributed by atoms with Gasteiger partial charge in [0.2, 0.25) is 0 Å². The first kappa shape index (κ1) is 18.1. The monoisotopic (exact) mass is 361 g/mol. The summed E-state index contributed by atoms with van der Waals surface area (Å²) in [5.74, 6) is -0.407. The van der Waals surface area contributed by atoms with Crippen LogP contribution in [0.15, 0.2) is 78.9 Å². The Morgan fingerprint density at radius 2 is 1.52 bits per heavy atom. The molecule has 0 aliphatic carbocycles. The van der Waals surface area contributed by atoms with Crippen molar-refractivity contribution in [3.8, 4) is 0 Å². The highest BCUT2D eigenvalue weighted by Crippen LogP contribution is 2.25. The lowest BCUT2D eigenvalue weighted by Crippen LogP contribution is -2.29. The summed E-state index contributed by atoms with van der Waals surface area (Å²) in [6, 6.07) is 23.8. The molecule has 0 fully saturated rings. The van der Waals surface area contributed by atoms with Crippen LogP contribution in [0.25, 0.3) is 0 Å². The number of hydrogen-bond acceptors (Lipinski definition) is 4. The van der Waals surface area contributed by atoms with Crippen molar-refractivity contribution >= 4 is 17.3 Å². The Balaban J connectivity index is 1.81. The fraction of sp³-hybridized carbons (Fsp3) is 0.0952. The van der Waals surface area contributed by atoms with Gasteiger partial charge in [-0.25, -0.2) is 0 Å². The summed E-state index contributed by atoms with van der Waals surface area (Å²) in [5, 5.41) is 13.9. The Bertz CT molecular complexity index is 904. The molecule has 0 aliphatic heterocycles. The normalized spacial score (nSPS) is 10.6. The molecule has 0 aromatic heterocycles. The molecule has 0 bridgehead atoms. The third-order valence-corrected chi connectivity index (χ3v) is 4.36. The smallest absolute Gasteiger partial charge is 0.292 e. The minimum atomic E-state index is -0.594. The number of rotatable bonds is 6. The van der Waals surface area contributed by atoms with Crippen LogP contribution in [0.2, 0.25) is 0 Å². The fourth-order valence-electron chi connectivity index (χ4n) is 2.94. The number of nitro groups is 1. The summed E-state index contributed by atoms with van der Waals surface area (Å²) in [7, 11) is 0. The summed E-state index contributed by atoms with van der Waals surface area (Å²) in [6.45, 7) is 0.366. The SMILES string of the molecule is Nc1ccc(C(=O)NCC(c2ccccc2)c2ccccc2)cc1[N+](=O)[O-]. The van der Waals surface area contributed by atoms with Gasteiger partial charge in [-0.15, -0.1) is 0 Å². The average Bonchev–Trinajstić information content (AvgIpc) is 2.70. The van der Waals surface area contributed by atoms with E-state index in [2.05, 4.69) is 5.32 Å². The molecular weight excluding hydrogens is 342 g/mol. The van der Waals surface area contributed by atoms with Gasteiger partial charge in [0.15, 0.2) is 0 Å². The van der Waals surface area contributed by atoms with Gasteiger partial charge in [0.05, 0.1) is 4.92 Å². The van der Waals surface area contributed by atoms with Gasteiger partial charge < -0.3 is 11.1 Å². The minimum Gasteiger partial charge on any atom is -0.393 e. The Morgan fingerprint density at radius 3 is 2.04 bits per heavy atom. The van der Waals surface area contributed by atoms with Crippen molar-refractivity contribution in [3.05, 3.63) is 106 Å². The molecule has 0 spiro atoms. The van der Waals surface area contributed by atoms with E-state index in [0.717, 1.165) is 11.1 Å². The molecule has 1 amide bonds. The molecule has 3 aromatic rings. The predicted octanol–water partition coefficient (Wildman–Crippen LogP) is 3.74. The van der Waals surface area contributed by atoms with Crippen molar-refractivity contribution in [1.82, 2.24) is 5.32 Å². The molecule has 3 aromatic carbocycles. The van der Waals surface area contributed by atoms with E-state index in [1.807, 2.05) is 60.7 Å². The third-order valence-electron chi connectivity index (χ3n) is 4.36. The van der Waals surface area contributed by atoms with Gasteiger partial charge in [0, 0.05) is 24.1 Å². The molecule has 0 radical (unpaired) electrons. The summed E-state index contributed by atoms with van der Waals surface area (Å²) in [4.78, 5) is 23.0. The third kappa shape index (κ3) is 4.30. The second-order valence-corrected chi connectivity index (χ2v) is 6.11. The number of carbonyl (C=O) groups excluding carboxylic acids is 1. The Morgan fingerprint density at radius 1 is 0.963 bits per heavy atom. The van der Waals surface area contributed by atoms with E-state index < -0.39 is 4.92 Å². The Labute approximate surface area is 156 Å². The maximum atomic E-state index is 12.5. The molecule has 6 nitrogen and oxygen atoms in total. The lowest BCUT2D eigenvalue weighted by atomic mass is 9.91. The van der Waals surface area contributed by atoms with Gasteiger partial charge in [-0.2, -0.15) is 0 Å². The van der Waals surface area contributed by atoms with Crippen molar-refractivity contribution < 1.29 is 9.72 Å². The molecule has 136 valence electrons. The van der Waals surface area contributed by atoms with Gasteiger partial charge in [-0.1, -0.05) is 60.7 Å². The molecule has 0 saturated carbocycles. The quantitative estimate of drug-likeness (QED) is 0.397. The minimum absolute atomic E-state index is 0.0277. The zero-order valence-corrected chi connectivity index (χ0v) is 14.5. The van der Waals surface area contributed by atoms with Crippen LogP contribution < -0.4 is 11.1 Å². The van der Waals surface area contributed by atoms with Crippen molar-refractivity contribution in [2.75, 3.05) is 12.3 Å². The lowest BCUT2D eigenvalue weighted by Gasteiger charge is -2.19.